The van der Waals surface area contributed by atoms with Gasteiger partial charge >= 0.3 is 0 Å². The van der Waals surface area contributed by atoms with Crippen LogP contribution in [-0.4, -0.2) is 21.8 Å². The molecule has 26 heavy (non-hydrogen) atoms. The summed E-state index contributed by atoms with van der Waals surface area (Å²) in [5, 5.41) is 11.1. The molecule has 0 aliphatic carbocycles. The molecule has 0 spiro atoms. The van der Waals surface area contributed by atoms with E-state index in [4.69, 9.17) is 0 Å². The monoisotopic (exact) mass is 346 g/mol. The number of hydrogen-bond donors (Lipinski definition) is 2. The number of nitrogens with one attached hydrogen (secondary N) is 2. The lowest BCUT2D eigenvalue weighted by Gasteiger charge is -2.05. The van der Waals surface area contributed by atoms with Crippen molar-refractivity contribution in [1.29, 1.82) is 0 Å². The van der Waals surface area contributed by atoms with E-state index >= 15 is 0 Å². The molecule has 1 heterocycles. The summed E-state index contributed by atoms with van der Waals surface area (Å²) in [6, 6.07) is 20.0. The molecule has 1 amide bonds. The average Bonchev–Trinajstić information content (AvgIpc) is 3.17. The zero-order valence-corrected chi connectivity index (χ0v) is 15.2. The van der Waals surface area contributed by atoms with E-state index in [1.54, 1.807) is 6.07 Å². The van der Waals surface area contributed by atoms with Gasteiger partial charge in [0.1, 0.15) is 0 Å². The summed E-state index contributed by atoms with van der Waals surface area (Å²) in [7, 11) is 0. The summed E-state index contributed by atoms with van der Waals surface area (Å²) in [4.78, 5) is 12.2. The van der Waals surface area contributed by atoms with Crippen molar-refractivity contribution in [2.45, 2.75) is 26.7 Å². The minimum Gasteiger partial charge on any atom is -0.282 e. The van der Waals surface area contributed by atoms with Gasteiger partial charge in [-0.2, -0.15) is 10.2 Å². The van der Waals surface area contributed by atoms with Crippen LogP contribution < -0.4 is 5.43 Å². The van der Waals surface area contributed by atoms with E-state index in [2.05, 4.69) is 32.9 Å². The van der Waals surface area contributed by atoms with E-state index < -0.39 is 0 Å². The number of amides is 1. The smallest absolute Gasteiger partial charge is 0.282 e. The molecular weight excluding hydrogens is 324 g/mol. The second kappa shape index (κ2) is 7.78. The largest absolute Gasteiger partial charge is 0.291 e. The van der Waals surface area contributed by atoms with Gasteiger partial charge in [-0.3, -0.25) is 9.89 Å². The molecule has 132 valence electrons. The van der Waals surface area contributed by atoms with E-state index in [1.807, 2.05) is 63.2 Å². The van der Waals surface area contributed by atoms with Crippen LogP contribution in [0, 0.1) is 0 Å². The maximum atomic E-state index is 12.2. The minimum atomic E-state index is -0.326. The van der Waals surface area contributed by atoms with E-state index in [9.17, 15) is 4.79 Å². The predicted molar refractivity (Wildman–Crippen MR) is 104 cm³/mol. The predicted octanol–water partition coefficient (Wildman–Crippen LogP) is 4.35. The Labute approximate surface area is 153 Å². The molecule has 0 aliphatic heterocycles. The number of aromatic nitrogens is 2. The number of carbonyl (C=O) groups is 1. The molecule has 2 aromatic carbocycles. The van der Waals surface area contributed by atoms with E-state index in [0.717, 1.165) is 22.5 Å². The molecule has 0 saturated heterocycles. The van der Waals surface area contributed by atoms with E-state index in [1.165, 1.54) is 5.56 Å². The van der Waals surface area contributed by atoms with Crippen molar-refractivity contribution in [2.24, 2.45) is 5.10 Å². The van der Waals surface area contributed by atoms with Gasteiger partial charge in [-0.15, -0.1) is 0 Å². The van der Waals surface area contributed by atoms with Crippen LogP contribution in [0.4, 0.5) is 0 Å². The highest BCUT2D eigenvalue weighted by Gasteiger charge is 2.11. The Bertz CT molecular complexity index is 909. The van der Waals surface area contributed by atoms with Crippen molar-refractivity contribution in [1.82, 2.24) is 15.6 Å². The number of hydrogen-bond acceptors (Lipinski definition) is 3. The van der Waals surface area contributed by atoms with Crippen LogP contribution in [0.2, 0.25) is 0 Å². The zero-order chi connectivity index (χ0) is 18.5. The molecule has 0 bridgehead atoms. The Balaban J connectivity index is 1.68. The first-order valence-electron chi connectivity index (χ1n) is 8.60. The molecule has 0 aliphatic rings. The summed E-state index contributed by atoms with van der Waals surface area (Å²) < 4.78 is 0. The molecule has 1 aromatic heterocycles. The molecule has 0 radical (unpaired) electrons. The maximum absolute atomic E-state index is 12.2. The molecule has 0 atom stereocenters. The van der Waals surface area contributed by atoms with Gasteiger partial charge in [0, 0.05) is 5.69 Å². The molecule has 3 aromatic rings. The van der Waals surface area contributed by atoms with Crippen molar-refractivity contribution in [3.63, 3.8) is 0 Å². The maximum Gasteiger partial charge on any atom is 0.291 e. The summed E-state index contributed by atoms with van der Waals surface area (Å²) in [5.74, 6) is -0.0363. The average molecular weight is 346 g/mol. The lowest BCUT2D eigenvalue weighted by Crippen LogP contribution is -2.19. The van der Waals surface area contributed by atoms with Gasteiger partial charge in [-0.25, -0.2) is 5.43 Å². The number of hydrazone groups is 1. The highest BCUT2D eigenvalue weighted by atomic mass is 16.2. The number of H-pyrrole nitrogens is 1. The van der Waals surface area contributed by atoms with Crippen molar-refractivity contribution < 1.29 is 4.79 Å². The van der Waals surface area contributed by atoms with Crippen LogP contribution in [0.1, 0.15) is 48.4 Å². The van der Waals surface area contributed by atoms with Crippen LogP contribution in [0.3, 0.4) is 0 Å². The van der Waals surface area contributed by atoms with Gasteiger partial charge in [0.15, 0.2) is 5.69 Å². The first-order valence-corrected chi connectivity index (χ1v) is 8.60. The molecule has 3 rings (SSSR count). The summed E-state index contributed by atoms with van der Waals surface area (Å²) in [6.45, 7) is 5.94. The number of benzene rings is 2. The van der Waals surface area contributed by atoms with E-state index in [-0.39, 0.29) is 11.8 Å². The normalized spacial score (nSPS) is 11.6. The van der Waals surface area contributed by atoms with Gasteiger partial charge in [0.2, 0.25) is 0 Å². The number of aromatic amines is 1. The Morgan fingerprint density at radius 1 is 1.04 bits per heavy atom. The third-order valence-electron chi connectivity index (χ3n) is 4.19. The lowest BCUT2D eigenvalue weighted by molar-refractivity contribution is 0.0950. The number of rotatable bonds is 5. The Morgan fingerprint density at radius 2 is 1.69 bits per heavy atom. The Hall–Kier alpha value is -3.21. The molecule has 2 N–H and O–H groups in total. The second-order valence-electron chi connectivity index (χ2n) is 6.44. The van der Waals surface area contributed by atoms with Crippen LogP contribution >= 0.6 is 0 Å². The van der Waals surface area contributed by atoms with Gasteiger partial charge in [0.05, 0.1) is 5.71 Å². The van der Waals surface area contributed by atoms with Crippen molar-refractivity contribution in [3.05, 3.63) is 77.6 Å². The Morgan fingerprint density at radius 3 is 2.31 bits per heavy atom. The molecule has 0 unspecified atom stereocenters. The Kier molecular flexibility index (Phi) is 5.27. The first-order chi connectivity index (χ1) is 12.5. The van der Waals surface area contributed by atoms with Gasteiger partial charge in [-0.05, 0) is 35.6 Å². The molecule has 5 nitrogen and oxygen atoms in total. The fourth-order valence-electron chi connectivity index (χ4n) is 2.54. The molecule has 0 fully saturated rings. The molecular formula is C21H22N4O. The summed E-state index contributed by atoms with van der Waals surface area (Å²) in [5.41, 5.74) is 7.82. The quantitative estimate of drug-likeness (QED) is 0.532. The van der Waals surface area contributed by atoms with Gasteiger partial charge in [-0.1, -0.05) is 68.4 Å². The van der Waals surface area contributed by atoms with Crippen molar-refractivity contribution >= 4 is 11.6 Å². The number of carbonyl (C=O) groups excluding carboxylic acids is 1. The first kappa shape index (κ1) is 17.6. The van der Waals surface area contributed by atoms with Crippen molar-refractivity contribution in [3.8, 4) is 11.1 Å². The fraction of sp³-hybridized carbons (Fsp3) is 0.190. The standard InChI is InChI=1S/C21H22N4O/c1-14(2)19-13-20(24-23-19)21(26)25-22-15(3)16-9-11-18(12-10-16)17-7-5-4-6-8-17/h4-14H,1-3H3,(H,23,24)(H,25,26)/b22-15+. The highest BCUT2D eigenvalue weighted by molar-refractivity contribution is 6.00. The topological polar surface area (TPSA) is 70.1 Å². The molecule has 0 saturated carbocycles. The molecule has 5 heteroatoms. The van der Waals surface area contributed by atoms with E-state index in [0.29, 0.717) is 5.69 Å². The van der Waals surface area contributed by atoms with Gasteiger partial charge in [0.25, 0.3) is 5.91 Å². The highest BCUT2D eigenvalue weighted by Crippen LogP contribution is 2.19. The van der Waals surface area contributed by atoms with Gasteiger partial charge < -0.3 is 0 Å². The van der Waals surface area contributed by atoms with Crippen LogP contribution in [-0.2, 0) is 0 Å². The zero-order valence-electron chi connectivity index (χ0n) is 15.2. The lowest BCUT2D eigenvalue weighted by atomic mass is 10.0. The second-order valence-corrected chi connectivity index (χ2v) is 6.44. The SMILES string of the molecule is C/C(=N\NC(=O)c1cc(C(C)C)[nH]n1)c1ccc(-c2ccccc2)cc1. The van der Waals surface area contributed by atoms with Crippen molar-refractivity contribution in [2.75, 3.05) is 0 Å². The summed E-state index contributed by atoms with van der Waals surface area (Å²) >= 11 is 0. The van der Waals surface area contributed by atoms with Crippen LogP contribution in [0.5, 0.6) is 0 Å². The fourth-order valence-corrected chi connectivity index (χ4v) is 2.54. The van der Waals surface area contributed by atoms with Crippen LogP contribution in [0.15, 0.2) is 65.8 Å². The number of nitrogens with zero attached hydrogens (tertiary/aromatic N) is 2. The summed E-state index contributed by atoms with van der Waals surface area (Å²) in [6.07, 6.45) is 0. The third kappa shape index (κ3) is 4.06. The minimum absolute atomic E-state index is 0.289. The van der Waals surface area contributed by atoms with Crippen LogP contribution in [0.25, 0.3) is 11.1 Å². The third-order valence-corrected chi connectivity index (χ3v) is 4.19.